The average molecular weight is 516 g/mol. The maximum atomic E-state index is 13.1. The zero-order chi connectivity index (χ0) is 26.4. The van der Waals surface area contributed by atoms with Crippen molar-refractivity contribution in [1.29, 1.82) is 0 Å². The summed E-state index contributed by atoms with van der Waals surface area (Å²) in [7, 11) is 3.18. The van der Waals surface area contributed by atoms with E-state index < -0.39 is 0 Å². The lowest BCUT2D eigenvalue weighted by Crippen LogP contribution is -2.42. The van der Waals surface area contributed by atoms with Gasteiger partial charge in [0.05, 0.1) is 32.3 Å². The highest BCUT2D eigenvalue weighted by Gasteiger charge is 2.17. The van der Waals surface area contributed by atoms with Crippen molar-refractivity contribution >= 4 is 28.2 Å². The first-order valence-electron chi connectivity index (χ1n) is 12.3. The molecule has 4 rings (SSSR count). The minimum atomic E-state index is -0.153. The second-order valence-corrected chi connectivity index (χ2v) is 9.48. The Morgan fingerprint density at radius 1 is 0.973 bits per heavy atom. The number of pyridine rings is 1. The Morgan fingerprint density at radius 3 is 2.35 bits per heavy atom. The van der Waals surface area contributed by atoms with Crippen LogP contribution in [0.2, 0.25) is 0 Å². The molecule has 1 atom stereocenters. The molecule has 7 heteroatoms. The predicted molar refractivity (Wildman–Crippen MR) is 154 cm³/mol. The fourth-order valence-corrected chi connectivity index (χ4v) is 4.73. The maximum absolute atomic E-state index is 13.1. The van der Waals surface area contributed by atoms with E-state index >= 15 is 0 Å². The van der Waals surface area contributed by atoms with Crippen molar-refractivity contribution in [2.45, 2.75) is 32.9 Å². The van der Waals surface area contributed by atoms with Gasteiger partial charge in [-0.3, -0.25) is 4.79 Å². The number of nitrogens with one attached hydrogen (secondary N) is 2. The predicted octanol–water partition coefficient (Wildman–Crippen LogP) is 5.53. The molecule has 0 amide bonds. The van der Waals surface area contributed by atoms with Crippen LogP contribution >= 0.6 is 12.2 Å². The van der Waals surface area contributed by atoms with Crippen LogP contribution in [0.4, 0.5) is 0 Å². The third-order valence-electron chi connectivity index (χ3n) is 6.63. The number of aromatic amines is 1. The molecule has 0 aliphatic rings. The summed E-state index contributed by atoms with van der Waals surface area (Å²) < 4.78 is 10.8. The van der Waals surface area contributed by atoms with Gasteiger partial charge in [-0.05, 0) is 61.3 Å². The SMILES string of the molecule is COc1cc2cc(CN(CCc3ccccc3C)C(=S)N[C@H](C)c3ccccc3)c(=O)[nH]c2cc1OC. The van der Waals surface area contributed by atoms with Crippen molar-refractivity contribution < 1.29 is 9.47 Å². The van der Waals surface area contributed by atoms with Gasteiger partial charge in [-0.2, -0.15) is 0 Å². The third-order valence-corrected chi connectivity index (χ3v) is 7.00. The smallest absolute Gasteiger partial charge is 0.253 e. The number of methoxy groups -OCH3 is 2. The number of aromatic nitrogens is 1. The van der Waals surface area contributed by atoms with Crippen molar-refractivity contribution in [3.05, 3.63) is 105 Å². The van der Waals surface area contributed by atoms with Crippen molar-refractivity contribution in [2.24, 2.45) is 0 Å². The molecule has 4 aromatic rings. The Bertz CT molecular complexity index is 1440. The molecular formula is C30H33N3O3S. The van der Waals surface area contributed by atoms with Gasteiger partial charge in [0.1, 0.15) is 0 Å². The first-order chi connectivity index (χ1) is 17.9. The second kappa shape index (κ2) is 11.9. The van der Waals surface area contributed by atoms with Crippen molar-refractivity contribution in [3.63, 3.8) is 0 Å². The number of ether oxygens (including phenoxy) is 2. The summed E-state index contributed by atoms with van der Waals surface area (Å²) in [6.07, 6.45) is 0.810. The summed E-state index contributed by atoms with van der Waals surface area (Å²) in [5, 5.41) is 4.94. The fourth-order valence-electron chi connectivity index (χ4n) is 4.40. The number of benzene rings is 3. The first-order valence-corrected chi connectivity index (χ1v) is 12.7. The van der Waals surface area contributed by atoms with Gasteiger partial charge in [-0.25, -0.2) is 0 Å². The van der Waals surface area contributed by atoms with Crippen molar-refractivity contribution in [2.75, 3.05) is 20.8 Å². The molecule has 0 aliphatic heterocycles. The van der Waals surface area contributed by atoms with Gasteiger partial charge in [-0.1, -0.05) is 54.6 Å². The van der Waals surface area contributed by atoms with Crippen molar-refractivity contribution in [3.8, 4) is 11.5 Å². The van der Waals surface area contributed by atoms with E-state index in [0.717, 1.165) is 17.4 Å². The summed E-state index contributed by atoms with van der Waals surface area (Å²) in [5.74, 6) is 1.18. The van der Waals surface area contributed by atoms with E-state index in [9.17, 15) is 4.79 Å². The Kier molecular flexibility index (Phi) is 8.46. The molecule has 0 spiro atoms. The largest absolute Gasteiger partial charge is 0.493 e. The molecule has 0 saturated carbocycles. The fraction of sp³-hybridized carbons (Fsp3) is 0.267. The van der Waals surface area contributed by atoms with E-state index in [2.05, 4.69) is 59.4 Å². The van der Waals surface area contributed by atoms with Crippen LogP contribution in [0.5, 0.6) is 11.5 Å². The number of H-pyrrole nitrogens is 1. The number of thiocarbonyl (C=S) groups is 1. The van der Waals surface area contributed by atoms with Crippen molar-refractivity contribution in [1.82, 2.24) is 15.2 Å². The van der Waals surface area contributed by atoms with E-state index in [1.54, 1.807) is 20.3 Å². The van der Waals surface area contributed by atoms with Gasteiger partial charge in [-0.15, -0.1) is 0 Å². The topological polar surface area (TPSA) is 66.6 Å². The van der Waals surface area contributed by atoms with Crippen LogP contribution in [-0.4, -0.2) is 35.8 Å². The quantitative estimate of drug-likeness (QED) is 0.286. The molecule has 0 saturated heterocycles. The molecular weight excluding hydrogens is 482 g/mol. The third kappa shape index (κ3) is 6.30. The lowest BCUT2D eigenvalue weighted by Gasteiger charge is -2.28. The maximum Gasteiger partial charge on any atom is 0.253 e. The summed E-state index contributed by atoms with van der Waals surface area (Å²) >= 11 is 5.88. The monoisotopic (exact) mass is 515 g/mol. The number of nitrogens with zero attached hydrogens (tertiary/aromatic N) is 1. The van der Waals surface area contributed by atoms with Gasteiger partial charge in [0.15, 0.2) is 16.6 Å². The van der Waals surface area contributed by atoms with E-state index in [1.807, 2.05) is 36.4 Å². The summed E-state index contributed by atoms with van der Waals surface area (Å²) in [5.41, 5.74) is 4.81. The minimum Gasteiger partial charge on any atom is -0.493 e. The molecule has 6 nitrogen and oxygen atoms in total. The summed E-state index contributed by atoms with van der Waals surface area (Å²) in [6, 6.07) is 24.1. The molecule has 0 radical (unpaired) electrons. The molecule has 37 heavy (non-hydrogen) atoms. The molecule has 192 valence electrons. The number of rotatable bonds is 9. The standard InChI is InChI=1S/C30H33N3O3S/c1-20-10-8-9-11-22(20)14-15-33(30(37)31-21(2)23-12-6-5-7-13-23)19-25-16-24-17-27(35-3)28(36-4)18-26(24)32-29(25)34/h5-13,16-18,21H,14-15,19H2,1-4H3,(H,31,37)(H,32,34)/t21-/m1/s1. The van der Waals surface area contributed by atoms with E-state index in [-0.39, 0.29) is 11.6 Å². The van der Waals surface area contributed by atoms with Crippen LogP contribution < -0.4 is 20.3 Å². The van der Waals surface area contributed by atoms with Crippen LogP contribution in [0.1, 0.15) is 35.2 Å². The second-order valence-electron chi connectivity index (χ2n) is 9.10. The Balaban J connectivity index is 1.62. The van der Waals surface area contributed by atoms with Crippen LogP contribution in [0.3, 0.4) is 0 Å². The molecule has 0 fully saturated rings. The molecule has 3 aromatic carbocycles. The molecule has 0 bridgehead atoms. The van der Waals surface area contributed by atoms with Crippen LogP contribution in [-0.2, 0) is 13.0 Å². The van der Waals surface area contributed by atoms with Gasteiger partial charge < -0.3 is 24.7 Å². The molecule has 1 aromatic heterocycles. The van der Waals surface area contributed by atoms with Gasteiger partial charge in [0.2, 0.25) is 0 Å². The molecule has 0 aliphatic carbocycles. The van der Waals surface area contributed by atoms with Crippen LogP contribution in [0.15, 0.2) is 77.6 Å². The number of hydrogen-bond donors (Lipinski definition) is 2. The number of aryl methyl sites for hydroxylation is 1. The highest BCUT2D eigenvalue weighted by atomic mass is 32.1. The molecule has 2 N–H and O–H groups in total. The normalized spacial score (nSPS) is 11.7. The van der Waals surface area contributed by atoms with Gasteiger partial charge in [0.25, 0.3) is 5.56 Å². The molecule has 1 heterocycles. The molecule has 0 unspecified atom stereocenters. The van der Waals surface area contributed by atoms with Crippen LogP contribution in [0, 0.1) is 6.92 Å². The summed E-state index contributed by atoms with van der Waals surface area (Å²) in [6.45, 7) is 5.24. The first kappa shape index (κ1) is 26.2. The minimum absolute atomic E-state index is 0.0290. The van der Waals surface area contributed by atoms with Crippen LogP contribution in [0.25, 0.3) is 10.9 Å². The Labute approximate surface area is 223 Å². The Morgan fingerprint density at radius 2 is 1.65 bits per heavy atom. The highest BCUT2D eigenvalue weighted by molar-refractivity contribution is 7.80. The highest BCUT2D eigenvalue weighted by Crippen LogP contribution is 2.31. The van der Waals surface area contributed by atoms with E-state index in [4.69, 9.17) is 21.7 Å². The number of hydrogen-bond acceptors (Lipinski definition) is 4. The Hall–Kier alpha value is -3.84. The van der Waals surface area contributed by atoms with E-state index in [1.165, 1.54) is 11.1 Å². The van der Waals surface area contributed by atoms with Gasteiger partial charge in [0, 0.05) is 23.6 Å². The van der Waals surface area contributed by atoms with E-state index in [0.29, 0.717) is 40.8 Å². The zero-order valence-corrected chi connectivity index (χ0v) is 22.5. The zero-order valence-electron chi connectivity index (χ0n) is 21.7. The summed E-state index contributed by atoms with van der Waals surface area (Å²) in [4.78, 5) is 18.2. The van der Waals surface area contributed by atoms with Gasteiger partial charge >= 0.3 is 0 Å². The average Bonchev–Trinajstić information content (AvgIpc) is 2.91. The lowest BCUT2D eigenvalue weighted by atomic mass is 10.1. The lowest BCUT2D eigenvalue weighted by molar-refractivity contribution is 0.355. The number of fused-ring (bicyclic) bond motifs is 1.